The van der Waals surface area contributed by atoms with Gasteiger partial charge in [0.2, 0.25) is 12.2 Å². The van der Waals surface area contributed by atoms with Crippen LogP contribution in [0.2, 0.25) is 0 Å². The molecule has 0 saturated carbocycles. The van der Waals surface area contributed by atoms with Gasteiger partial charge in [0.15, 0.2) is 0 Å². The molecule has 17 nitrogen and oxygen atoms in total. The Kier molecular flexibility index (Phi) is 12.8. The lowest BCUT2D eigenvalue weighted by atomic mass is 9.98. The zero-order valence-corrected chi connectivity index (χ0v) is 31.4. The zero-order valence-electron chi connectivity index (χ0n) is 31.4. The summed E-state index contributed by atoms with van der Waals surface area (Å²) in [4.78, 5) is 73.2. The molecule has 58 heavy (non-hydrogen) atoms. The highest BCUT2D eigenvalue weighted by atomic mass is 16.8. The van der Waals surface area contributed by atoms with E-state index in [0.29, 0.717) is 12.0 Å². The van der Waals surface area contributed by atoms with Gasteiger partial charge in [0.1, 0.15) is 24.7 Å². The average Bonchev–Trinajstić information content (AvgIpc) is 3.53. The highest BCUT2D eigenvalue weighted by Gasteiger charge is 2.49. The van der Waals surface area contributed by atoms with E-state index in [0.717, 1.165) is 36.3 Å². The largest absolute Gasteiger partial charge is 0.514 e. The number of hydrogen-bond donors (Lipinski definition) is 2. The standard InChI is InChI=1S/C41H39N3O14/c1-25(45)57-41(38(47)52-2)20-7-12-37(58-41)56-35-18-13-26(23-54-40(49)55-28-16-14-27(15-17-28)44(50)51)22-34(35)43-36(46)19-21-42-39(48)53-24-33-31-10-5-3-8-29(31)30-9-4-6-11-32(30)33/h3-6,8-11,13-18,22,33,37H,7,12,19-21,23-24H2,1-2H3,(H,42,48)(H,43,46). The van der Waals surface area contributed by atoms with Crippen LogP contribution in [-0.2, 0) is 44.7 Å². The van der Waals surface area contributed by atoms with E-state index in [2.05, 4.69) is 10.6 Å². The predicted octanol–water partition coefficient (Wildman–Crippen LogP) is 6.52. The van der Waals surface area contributed by atoms with Crippen molar-refractivity contribution in [3.05, 3.63) is 118 Å². The first kappa shape index (κ1) is 40.6. The number of ether oxygens (including phenoxy) is 7. The molecule has 4 aromatic carbocycles. The molecule has 4 aromatic rings. The fraction of sp³-hybridized carbons (Fsp3) is 0.293. The van der Waals surface area contributed by atoms with E-state index in [4.69, 9.17) is 33.2 Å². The first-order valence-electron chi connectivity index (χ1n) is 18.2. The second kappa shape index (κ2) is 18.3. The van der Waals surface area contributed by atoms with Crippen LogP contribution in [-0.4, -0.2) is 67.4 Å². The molecule has 17 heteroatoms. The van der Waals surface area contributed by atoms with Crippen molar-refractivity contribution >= 4 is 41.5 Å². The number of hydrogen-bond acceptors (Lipinski definition) is 14. The minimum Gasteiger partial charge on any atom is -0.464 e. The second-order valence-corrected chi connectivity index (χ2v) is 13.2. The number of nitrogens with zero attached hydrogens (tertiary/aromatic N) is 1. The van der Waals surface area contributed by atoms with Crippen molar-refractivity contribution in [2.24, 2.45) is 0 Å². The summed E-state index contributed by atoms with van der Waals surface area (Å²) in [5, 5.41) is 16.2. The maximum Gasteiger partial charge on any atom is 0.514 e. The Balaban J connectivity index is 1.09. The van der Waals surface area contributed by atoms with Crippen molar-refractivity contribution in [2.75, 3.05) is 25.6 Å². The Morgan fingerprint density at radius 1 is 0.914 bits per heavy atom. The molecule has 2 aliphatic rings. The van der Waals surface area contributed by atoms with Crippen molar-refractivity contribution in [3.63, 3.8) is 0 Å². The molecule has 2 atom stereocenters. The van der Waals surface area contributed by atoms with Crippen molar-refractivity contribution in [1.29, 1.82) is 0 Å². The summed E-state index contributed by atoms with van der Waals surface area (Å²) >= 11 is 0. The Morgan fingerprint density at radius 3 is 2.26 bits per heavy atom. The van der Waals surface area contributed by atoms with Gasteiger partial charge in [0.25, 0.3) is 5.69 Å². The Bertz CT molecular complexity index is 2150. The molecular formula is C41H39N3O14. The van der Waals surface area contributed by atoms with Crippen LogP contribution in [0.5, 0.6) is 11.5 Å². The molecular weight excluding hydrogens is 758 g/mol. The molecule has 2 N–H and O–H groups in total. The lowest BCUT2D eigenvalue weighted by Crippen LogP contribution is -2.52. The normalized spacial score (nSPS) is 16.8. The van der Waals surface area contributed by atoms with E-state index in [1.165, 1.54) is 42.5 Å². The molecule has 2 amide bonds. The van der Waals surface area contributed by atoms with Gasteiger partial charge in [0, 0.05) is 50.8 Å². The highest BCUT2D eigenvalue weighted by Crippen LogP contribution is 2.44. The molecule has 6 rings (SSSR count). The van der Waals surface area contributed by atoms with Gasteiger partial charge in [-0.3, -0.25) is 24.4 Å². The topological polar surface area (TPSA) is 217 Å². The zero-order chi connectivity index (χ0) is 41.2. The minimum atomic E-state index is -2.05. The number of carbonyl (C=O) groups excluding carboxylic acids is 5. The number of anilines is 1. The van der Waals surface area contributed by atoms with Crippen molar-refractivity contribution < 1.29 is 62.1 Å². The maximum atomic E-state index is 13.2. The number of esters is 2. The number of amides is 2. The quantitative estimate of drug-likeness (QED) is 0.0457. The second-order valence-electron chi connectivity index (χ2n) is 13.2. The summed E-state index contributed by atoms with van der Waals surface area (Å²) in [6.07, 6.45) is -2.46. The number of benzene rings is 4. The van der Waals surface area contributed by atoms with Gasteiger partial charge in [-0.1, -0.05) is 54.6 Å². The number of alkyl carbamates (subject to hydrolysis) is 1. The summed E-state index contributed by atoms with van der Waals surface area (Å²) < 4.78 is 37.9. The number of nitrogens with one attached hydrogen (secondary N) is 2. The average molecular weight is 798 g/mol. The molecule has 1 fully saturated rings. The minimum absolute atomic E-state index is 0.0169. The van der Waals surface area contributed by atoms with Crippen LogP contribution in [0.3, 0.4) is 0 Å². The van der Waals surface area contributed by atoms with Crippen molar-refractivity contribution in [2.45, 2.75) is 57.2 Å². The first-order valence-corrected chi connectivity index (χ1v) is 18.2. The Morgan fingerprint density at radius 2 is 1.60 bits per heavy atom. The lowest BCUT2D eigenvalue weighted by Gasteiger charge is -2.37. The first-order chi connectivity index (χ1) is 27.9. The Hall–Kier alpha value is -7.01. The molecule has 0 spiro atoms. The molecule has 1 aliphatic heterocycles. The highest BCUT2D eigenvalue weighted by molar-refractivity contribution is 5.92. The van der Waals surface area contributed by atoms with Gasteiger partial charge >= 0.3 is 30.0 Å². The molecule has 1 heterocycles. The molecule has 302 valence electrons. The van der Waals surface area contributed by atoms with Gasteiger partial charge in [-0.25, -0.2) is 14.4 Å². The van der Waals surface area contributed by atoms with E-state index in [1.54, 1.807) is 0 Å². The van der Waals surface area contributed by atoms with E-state index < -0.39 is 47.1 Å². The molecule has 0 aromatic heterocycles. The molecule has 0 radical (unpaired) electrons. The van der Waals surface area contributed by atoms with Crippen LogP contribution < -0.4 is 20.1 Å². The van der Waals surface area contributed by atoms with Gasteiger partial charge in [-0.15, -0.1) is 0 Å². The third kappa shape index (κ3) is 9.86. The summed E-state index contributed by atoms with van der Waals surface area (Å²) in [7, 11) is 1.12. The van der Waals surface area contributed by atoms with Crippen LogP contribution in [0.1, 0.15) is 55.2 Å². The fourth-order valence-electron chi connectivity index (χ4n) is 6.62. The number of fused-ring (bicyclic) bond motifs is 3. The monoisotopic (exact) mass is 797 g/mol. The third-order valence-electron chi connectivity index (χ3n) is 9.22. The van der Waals surface area contributed by atoms with Crippen molar-refractivity contribution in [1.82, 2.24) is 5.32 Å². The molecule has 0 bridgehead atoms. The lowest BCUT2D eigenvalue weighted by molar-refractivity contribution is -0.384. The Labute approximate surface area is 331 Å². The van der Waals surface area contributed by atoms with E-state index in [-0.39, 0.29) is 67.8 Å². The number of carbonyl (C=O) groups is 5. The number of rotatable bonds is 14. The van der Waals surface area contributed by atoms with Gasteiger partial charge in [-0.05, 0) is 58.5 Å². The van der Waals surface area contributed by atoms with Crippen LogP contribution in [0, 0.1) is 10.1 Å². The fourth-order valence-corrected chi connectivity index (χ4v) is 6.62. The summed E-state index contributed by atoms with van der Waals surface area (Å²) in [5.74, 6) is -4.32. The predicted molar refractivity (Wildman–Crippen MR) is 203 cm³/mol. The summed E-state index contributed by atoms with van der Waals surface area (Å²) in [6, 6.07) is 25.2. The smallest absolute Gasteiger partial charge is 0.464 e. The molecule has 1 saturated heterocycles. The van der Waals surface area contributed by atoms with Crippen LogP contribution in [0.15, 0.2) is 91.0 Å². The van der Waals surface area contributed by atoms with Gasteiger partial charge < -0.3 is 39.1 Å². The number of nitro groups is 1. The number of non-ortho nitro benzene ring substituents is 1. The number of methoxy groups -OCH3 is 1. The van der Waals surface area contributed by atoms with Gasteiger partial charge in [0.05, 0.1) is 17.7 Å². The van der Waals surface area contributed by atoms with E-state index in [1.807, 2.05) is 48.5 Å². The van der Waals surface area contributed by atoms with Crippen molar-refractivity contribution in [3.8, 4) is 22.6 Å². The van der Waals surface area contributed by atoms with Crippen LogP contribution in [0.25, 0.3) is 11.1 Å². The number of nitro benzene ring substituents is 1. The summed E-state index contributed by atoms with van der Waals surface area (Å²) in [6.45, 7) is 0.819. The maximum absolute atomic E-state index is 13.2. The molecule has 2 unspecified atom stereocenters. The molecule has 1 aliphatic carbocycles. The van der Waals surface area contributed by atoms with Crippen LogP contribution in [0.4, 0.5) is 21.0 Å². The third-order valence-corrected chi connectivity index (χ3v) is 9.22. The van der Waals surface area contributed by atoms with Crippen LogP contribution >= 0.6 is 0 Å². The summed E-state index contributed by atoms with van der Waals surface area (Å²) in [5.41, 5.74) is 4.61. The van der Waals surface area contributed by atoms with Gasteiger partial charge in [-0.2, -0.15) is 0 Å². The van der Waals surface area contributed by atoms with E-state index >= 15 is 0 Å². The SMILES string of the molecule is COC(=O)C1(OC(C)=O)CCCC(Oc2ccc(COC(=O)Oc3ccc([N+](=O)[O-])cc3)cc2NC(=O)CCNC(=O)OCC2c3ccccc3-c3ccccc32)O1. The van der Waals surface area contributed by atoms with E-state index in [9.17, 15) is 34.1 Å².